The number of carbonyl (C=O) groups excluding carboxylic acids is 1. The third kappa shape index (κ3) is 9.95. The van der Waals surface area contributed by atoms with E-state index in [4.69, 9.17) is 14.5 Å². The minimum Gasteiger partial charge on any atom is -0.444 e. The van der Waals surface area contributed by atoms with Gasteiger partial charge in [0.25, 0.3) is 0 Å². The van der Waals surface area contributed by atoms with Gasteiger partial charge in [0.1, 0.15) is 5.60 Å². The number of carbonyl (C=O) groups is 1. The molecule has 2 heterocycles. The largest absolute Gasteiger partial charge is 0.444 e. The van der Waals surface area contributed by atoms with Gasteiger partial charge in [-0.05, 0) is 34.1 Å². The second-order valence-corrected chi connectivity index (χ2v) is 8.80. The number of morpholine rings is 1. The molecule has 0 aromatic heterocycles. The number of hydrogen-bond acceptors (Lipinski definition) is 6. The summed E-state index contributed by atoms with van der Waals surface area (Å²) in [5.41, 5.74) is -0.438. The molecule has 30 heavy (non-hydrogen) atoms. The lowest BCUT2D eigenvalue weighted by molar-refractivity contribution is 0.0145. The van der Waals surface area contributed by atoms with E-state index in [0.717, 1.165) is 97.6 Å². The number of piperazine rings is 1. The van der Waals surface area contributed by atoms with Crippen molar-refractivity contribution in [2.24, 2.45) is 4.99 Å². The quantitative estimate of drug-likeness (QED) is 0.338. The third-order valence-corrected chi connectivity index (χ3v) is 5.09. The van der Waals surface area contributed by atoms with E-state index in [9.17, 15) is 4.79 Å². The van der Waals surface area contributed by atoms with Crippen molar-refractivity contribution in [3.8, 4) is 0 Å². The topological polar surface area (TPSA) is 81.7 Å². The zero-order valence-corrected chi connectivity index (χ0v) is 19.4. The molecule has 0 saturated carbocycles. The number of aliphatic imine (C=N–C) groups is 1. The molecule has 0 atom stereocenters. The monoisotopic (exact) mass is 426 g/mol. The summed E-state index contributed by atoms with van der Waals surface area (Å²) in [5.74, 6) is 0.889. The summed E-state index contributed by atoms with van der Waals surface area (Å²) in [7, 11) is 0. The van der Waals surface area contributed by atoms with Crippen LogP contribution in [0.2, 0.25) is 0 Å². The normalized spacial score (nSPS) is 19.6. The first kappa shape index (κ1) is 24.7. The predicted octanol–water partition coefficient (Wildman–Crippen LogP) is 0.817. The van der Waals surface area contributed by atoms with Crippen LogP contribution in [-0.4, -0.2) is 118 Å². The molecule has 174 valence electrons. The average Bonchev–Trinajstić information content (AvgIpc) is 2.71. The Morgan fingerprint density at radius 2 is 1.67 bits per heavy atom. The fourth-order valence-corrected chi connectivity index (χ4v) is 3.46. The van der Waals surface area contributed by atoms with E-state index in [0.29, 0.717) is 0 Å². The molecule has 9 nitrogen and oxygen atoms in total. The molecule has 2 rings (SSSR count). The Morgan fingerprint density at radius 3 is 2.30 bits per heavy atom. The molecule has 2 N–H and O–H groups in total. The molecule has 0 radical (unpaired) electrons. The standard InChI is InChI=1S/C21H42N6O3/c1-5-22-19(24-8-10-26-15-17-29-18-16-26)23-7-6-9-25-11-13-27(14-12-25)20(28)30-21(2,3)4/h5-18H2,1-4H3,(H2,22,23,24). The fraction of sp³-hybridized carbons (Fsp3) is 0.905. The molecule has 0 spiro atoms. The zero-order valence-electron chi connectivity index (χ0n) is 19.4. The van der Waals surface area contributed by atoms with E-state index >= 15 is 0 Å². The van der Waals surface area contributed by atoms with Crippen molar-refractivity contribution < 1.29 is 14.3 Å². The molecular weight excluding hydrogens is 384 g/mol. The van der Waals surface area contributed by atoms with E-state index in [1.165, 1.54) is 0 Å². The summed E-state index contributed by atoms with van der Waals surface area (Å²) >= 11 is 0. The van der Waals surface area contributed by atoms with Crippen LogP contribution in [-0.2, 0) is 9.47 Å². The van der Waals surface area contributed by atoms with Crippen LogP contribution in [0.4, 0.5) is 4.79 Å². The van der Waals surface area contributed by atoms with Crippen LogP contribution in [0, 0.1) is 0 Å². The molecule has 0 aliphatic carbocycles. The number of hydrogen-bond donors (Lipinski definition) is 2. The first-order valence-electron chi connectivity index (χ1n) is 11.4. The Bertz CT molecular complexity index is 523. The smallest absolute Gasteiger partial charge is 0.410 e. The number of guanidine groups is 1. The first-order valence-corrected chi connectivity index (χ1v) is 11.4. The van der Waals surface area contributed by atoms with Crippen molar-refractivity contribution in [2.75, 3.05) is 85.2 Å². The van der Waals surface area contributed by atoms with E-state index in [-0.39, 0.29) is 6.09 Å². The van der Waals surface area contributed by atoms with Gasteiger partial charge >= 0.3 is 6.09 Å². The lowest BCUT2D eigenvalue weighted by Crippen LogP contribution is -2.50. The molecule has 0 bridgehead atoms. The third-order valence-electron chi connectivity index (χ3n) is 5.09. The number of amides is 1. The van der Waals surface area contributed by atoms with Gasteiger partial charge in [-0.25, -0.2) is 4.79 Å². The lowest BCUT2D eigenvalue weighted by Gasteiger charge is -2.35. The summed E-state index contributed by atoms with van der Waals surface area (Å²) in [6, 6.07) is 0. The molecule has 2 fully saturated rings. The van der Waals surface area contributed by atoms with Gasteiger partial charge in [-0.15, -0.1) is 0 Å². The number of nitrogens with one attached hydrogen (secondary N) is 2. The molecule has 0 aromatic rings. The second-order valence-electron chi connectivity index (χ2n) is 8.80. The highest BCUT2D eigenvalue weighted by atomic mass is 16.6. The summed E-state index contributed by atoms with van der Waals surface area (Å²) in [6.45, 7) is 19.3. The Hall–Kier alpha value is -1.58. The minimum absolute atomic E-state index is 0.204. The molecular formula is C21H42N6O3. The van der Waals surface area contributed by atoms with Crippen molar-refractivity contribution in [2.45, 2.75) is 39.7 Å². The molecule has 2 aliphatic rings. The van der Waals surface area contributed by atoms with Gasteiger partial charge in [-0.3, -0.25) is 14.8 Å². The Labute approximate surface area is 182 Å². The molecule has 0 unspecified atom stereocenters. The van der Waals surface area contributed by atoms with Gasteiger partial charge in [-0.2, -0.15) is 0 Å². The van der Waals surface area contributed by atoms with Crippen molar-refractivity contribution in [1.29, 1.82) is 0 Å². The summed E-state index contributed by atoms with van der Waals surface area (Å²) < 4.78 is 10.8. The number of rotatable bonds is 8. The number of ether oxygens (including phenoxy) is 2. The SMILES string of the molecule is CCNC(=NCCCN1CCN(C(=O)OC(C)(C)C)CC1)NCCN1CCOCC1. The Morgan fingerprint density at radius 1 is 1.00 bits per heavy atom. The van der Waals surface area contributed by atoms with Crippen molar-refractivity contribution >= 4 is 12.1 Å². The zero-order chi connectivity index (χ0) is 21.8. The predicted molar refractivity (Wildman–Crippen MR) is 120 cm³/mol. The van der Waals surface area contributed by atoms with E-state index in [1.54, 1.807) is 0 Å². The van der Waals surface area contributed by atoms with Crippen LogP contribution in [0.5, 0.6) is 0 Å². The van der Waals surface area contributed by atoms with Crippen molar-refractivity contribution in [3.63, 3.8) is 0 Å². The van der Waals surface area contributed by atoms with Crippen LogP contribution >= 0.6 is 0 Å². The maximum Gasteiger partial charge on any atom is 0.410 e. The highest BCUT2D eigenvalue weighted by Gasteiger charge is 2.25. The van der Waals surface area contributed by atoms with Gasteiger partial charge in [0.05, 0.1) is 13.2 Å². The molecule has 9 heteroatoms. The molecule has 2 saturated heterocycles. The van der Waals surface area contributed by atoms with Crippen LogP contribution in [0.3, 0.4) is 0 Å². The summed E-state index contributed by atoms with van der Waals surface area (Å²) in [5, 5.41) is 6.75. The van der Waals surface area contributed by atoms with Gasteiger partial charge in [0.2, 0.25) is 0 Å². The van der Waals surface area contributed by atoms with Gasteiger partial charge < -0.3 is 25.0 Å². The minimum atomic E-state index is -0.438. The first-order chi connectivity index (χ1) is 14.4. The average molecular weight is 427 g/mol. The Balaban J connectivity index is 1.60. The highest BCUT2D eigenvalue weighted by molar-refractivity contribution is 5.79. The summed E-state index contributed by atoms with van der Waals surface area (Å²) in [4.78, 5) is 23.5. The highest BCUT2D eigenvalue weighted by Crippen LogP contribution is 2.12. The van der Waals surface area contributed by atoms with Crippen molar-refractivity contribution in [1.82, 2.24) is 25.3 Å². The maximum absolute atomic E-state index is 12.1. The fourth-order valence-electron chi connectivity index (χ4n) is 3.46. The van der Waals surface area contributed by atoms with Crippen LogP contribution in [0.1, 0.15) is 34.1 Å². The summed E-state index contributed by atoms with van der Waals surface area (Å²) in [6.07, 6.45) is 0.803. The molecule has 2 aliphatic heterocycles. The maximum atomic E-state index is 12.1. The van der Waals surface area contributed by atoms with Gasteiger partial charge in [0.15, 0.2) is 5.96 Å². The van der Waals surface area contributed by atoms with E-state index < -0.39 is 5.60 Å². The number of nitrogens with zero attached hydrogens (tertiary/aromatic N) is 4. The van der Waals surface area contributed by atoms with E-state index in [1.807, 2.05) is 25.7 Å². The van der Waals surface area contributed by atoms with Crippen LogP contribution < -0.4 is 10.6 Å². The second kappa shape index (κ2) is 13.0. The van der Waals surface area contributed by atoms with E-state index in [2.05, 4.69) is 27.4 Å². The van der Waals surface area contributed by atoms with Gasteiger partial charge in [0, 0.05) is 72.0 Å². The molecule has 0 aromatic carbocycles. The van der Waals surface area contributed by atoms with Gasteiger partial charge in [-0.1, -0.05) is 0 Å². The van der Waals surface area contributed by atoms with Crippen molar-refractivity contribution in [3.05, 3.63) is 0 Å². The van der Waals surface area contributed by atoms with Crippen LogP contribution in [0.15, 0.2) is 4.99 Å². The Kier molecular flexibility index (Phi) is 10.7. The van der Waals surface area contributed by atoms with Crippen LogP contribution in [0.25, 0.3) is 0 Å². The lowest BCUT2D eigenvalue weighted by atomic mass is 10.2. The molecule has 1 amide bonds.